The van der Waals surface area contributed by atoms with Crippen LogP contribution in [0.2, 0.25) is 0 Å². The van der Waals surface area contributed by atoms with Crippen molar-refractivity contribution >= 4 is 17.9 Å². The SMILES string of the molecule is CCCCCCN(C(=O)C(NC(=O)OC(C)(C)C)C(C)C)C(C(=O)NCc1ccccc1)c1cccc(C)c1C. The summed E-state index contributed by atoms with van der Waals surface area (Å²) in [6.45, 7) is 16.0. The maximum Gasteiger partial charge on any atom is 0.408 e. The number of nitrogens with zero attached hydrogens (tertiary/aromatic N) is 1. The Morgan fingerprint density at radius 1 is 0.925 bits per heavy atom. The van der Waals surface area contributed by atoms with Gasteiger partial charge in [-0.15, -0.1) is 0 Å². The fraction of sp³-hybridized carbons (Fsp3) is 0.545. The van der Waals surface area contributed by atoms with E-state index in [1.807, 2.05) is 76.2 Å². The van der Waals surface area contributed by atoms with Gasteiger partial charge in [-0.25, -0.2) is 4.79 Å². The van der Waals surface area contributed by atoms with Crippen LogP contribution < -0.4 is 10.6 Å². The minimum absolute atomic E-state index is 0.218. The highest BCUT2D eigenvalue weighted by atomic mass is 16.6. The van der Waals surface area contributed by atoms with E-state index in [9.17, 15) is 14.4 Å². The van der Waals surface area contributed by atoms with Gasteiger partial charge < -0.3 is 20.3 Å². The Kier molecular flexibility index (Phi) is 12.7. The molecule has 0 heterocycles. The molecule has 0 spiro atoms. The second-order valence-corrected chi connectivity index (χ2v) is 11.9. The maximum absolute atomic E-state index is 14.3. The number of rotatable bonds is 13. The summed E-state index contributed by atoms with van der Waals surface area (Å²) in [6.07, 6.45) is 3.14. The highest BCUT2D eigenvalue weighted by molar-refractivity contribution is 5.92. The first-order chi connectivity index (χ1) is 18.9. The van der Waals surface area contributed by atoms with Gasteiger partial charge in [0, 0.05) is 13.1 Å². The smallest absolute Gasteiger partial charge is 0.408 e. The molecule has 7 nitrogen and oxygen atoms in total. The standard InChI is InChI=1S/C33H49N3O4/c1-9-10-11-15-21-36(31(38)28(23(2)3)35-32(39)40-33(6,7)8)29(27-20-16-17-24(4)25(27)5)30(37)34-22-26-18-13-12-14-19-26/h12-14,16-20,23,28-29H,9-11,15,21-22H2,1-8H3,(H,34,37)(H,35,39). The molecule has 0 saturated carbocycles. The van der Waals surface area contributed by atoms with Crippen molar-refractivity contribution in [1.82, 2.24) is 15.5 Å². The molecule has 0 aliphatic heterocycles. The summed E-state index contributed by atoms with van der Waals surface area (Å²) in [4.78, 5) is 42.7. The summed E-state index contributed by atoms with van der Waals surface area (Å²) >= 11 is 0. The minimum atomic E-state index is -0.851. The molecule has 0 aromatic heterocycles. The first-order valence-electron chi connectivity index (χ1n) is 14.5. The third-order valence-corrected chi connectivity index (χ3v) is 6.95. The lowest BCUT2D eigenvalue weighted by atomic mass is 9.93. The summed E-state index contributed by atoms with van der Waals surface area (Å²) in [5, 5.41) is 5.88. The van der Waals surface area contributed by atoms with Gasteiger partial charge in [0.1, 0.15) is 17.7 Å². The predicted molar refractivity (Wildman–Crippen MR) is 161 cm³/mol. The van der Waals surface area contributed by atoms with Crippen molar-refractivity contribution < 1.29 is 19.1 Å². The number of hydrogen-bond acceptors (Lipinski definition) is 4. The van der Waals surface area contributed by atoms with Gasteiger partial charge in [-0.2, -0.15) is 0 Å². The fourth-order valence-corrected chi connectivity index (χ4v) is 4.60. The van der Waals surface area contributed by atoms with Crippen LogP contribution in [0.1, 0.15) is 95.5 Å². The molecule has 0 saturated heterocycles. The molecule has 7 heteroatoms. The Morgan fingerprint density at radius 3 is 2.20 bits per heavy atom. The molecule has 2 aromatic rings. The summed E-state index contributed by atoms with van der Waals surface area (Å²) in [5.74, 6) is -0.760. The topological polar surface area (TPSA) is 87.7 Å². The Hall–Kier alpha value is -3.35. The van der Waals surface area contributed by atoms with E-state index in [0.29, 0.717) is 13.1 Å². The maximum atomic E-state index is 14.3. The number of carbonyl (C=O) groups excluding carboxylic acids is 3. The van der Waals surface area contributed by atoms with E-state index in [1.165, 1.54) is 0 Å². The number of aryl methyl sites for hydroxylation is 1. The number of benzene rings is 2. The summed E-state index contributed by atoms with van der Waals surface area (Å²) in [5.41, 5.74) is 3.07. The average Bonchev–Trinajstić information content (AvgIpc) is 2.89. The molecule has 0 aliphatic rings. The van der Waals surface area contributed by atoms with Crippen LogP contribution in [-0.4, -0.2) is 41.0 Å². The van der Waals surface area contributed by atoms with Crippen molar-refractivity contribution in [2.45, 2.75) is 105 Å². The van der Waals surface area contributed by atoms with Crippen molar-refractivity contribution in [2.24, 2.45) is 5.92 Å². The number of hydrogen-bond donors (Lipinski definition) is 2. The van der Waals surface area contributed by atoms with Crippen LogP contribution >= 0.6 is 0 Å². The van der Waals surface area contributed by atoms with Crippen molar-refractivity contribution in [3.05, 3.63) is 70.8 Å². The molecule has 3 amide bonds. The van der Waals surface area contributed by atoms with Gasteiger partial charge in [0.15, 0.2) is 0 Å². The minimum Gasteiger partial charge on any atom is -0.444 e. The number of unbranched alkanes of at least 4 members (excludes halogenated alkanes) is 3. The van der Waals surface area contributed by atoms with Gasteiger partial charge in [0.05, 0.1) is 0 Å². The van der Waals surface area contributed by atoms with E-state index < -0.39 is 23.8 Å². The largest absolute Gasteiger partial charge is 0.444 e. The summed E-state index contributed by atoms with van der Waals surface area (Å²) in [6, 6.07) is 13.9. The van der Waals surface area contributed by atoms with Crippen LogP contribution in [0, 0.1) is 19.8 Å². The molecule has 0 fully saturated rings. The van der Waals surface area contributed by atoms with E-state index in [1.54, 1.807) is 25.7 Å². The highest BCUT2D eigenvalue weighted by Gasteiger charge is 2.38. The Morgan fingerprint density at radius 2 is 1.60 bits per heavy atom. The quantitative estimate of drug-likeness (QED) is 0.274. The first-order valence-corrected chi connectivity index (χ1v) is 14.5. The number of amides is 3. The second kappa shape index (κ2) is 15.4. The molecule has 2 N–H and O–H groups in total. The van der Waals surface area contributed by atoms with Crippen molar-refractivity contribution in [1.29, 1.82) is 0 Å². The lowest BCUT2D eigenvalue weighted by molar-refractivity contribution is -0.143. The van der Waals surface area contributed by atoms with E-state index in [0.717, 1.165) is 47.9 Å². The average molecular weight is 552 g/mol. The van der Waals surface area contributed by atoms with Gasteiger partial charge in [0.25, 0.3) is 0 Å². The molecule has 220 valence electrons. The second-order valence-electron chi connectivity index (χ2n) is 11.9. The zero-order valence-electron chi connectivity index (χ0n) is 25.7. The molecule has 2 rings (SSSR count). The molecule has 0 aliphatic carbocycles. The lowest BCUT2D eigenvalue weighted by Crippen LogP contribution is -2.55. The molecule has 40 heavy (non-hydrogen) atoms. The molecule has 2 aromatic carbocycles. The molecular weight excluding hydrogens is 502 g/mol. The zero-order chi connectivity index (χ0) is 29.9. The van der Waals surface area contributed by atoms with Crippen molar-refractivity contribution in [3.8, 4) is 0 Å². The van der Waals surface area contributed by atoms with Crippen molar-refractivity contribution in [2.75, 3.05) is 6.54 Å². The third-order valence-electron chi connectivity index (χ3n) is 6.95. The monoisotopic (exact) mass is 551 g/mol. The highest BCUT2D eigenvalue weighted by Crippen LogP contribution is 2.29. The third kappa shape index (κ3) is 10.00. The number of alkyl carbamates (subject to hydrolysis) is 1. The number of carbonyl (C=O) groups is 3. The van der Waals surface area contributed by atoms with Crippen LogP contribution in [0.25, 0.3) is 0 Å². The van der Waals surface area contributed by atoms with Crippen LogP contribution in [0.4, 0.5) is 4.79 Å². The molecule has 0 bridgehead atoms. The van der Waals surface area contributed by atoms with Crippen LogP contribution in [0.5, 0.6) is 0 Å². The Labute approximate surface area is 241 Å². The van der Waals surface area contributed by atoms with Gasteiger partial charge in [-0.1, -0.05) is 88.6 Å². The number of nitrogens with one attached hydrogen (secondary N) is 2. The van der Waals surface area contributed by atoms with Gasteiger partial charge in [0.2, 0.25) is 11.8 Å². The van der Waals surface area contributed by atoms with E-state index in [2.05, 4.69) is 17.6 Å². The fourth-order valence-electron chi connectivity index (χ4n) is 4.60. The first kappa shape index (κ1) is 32.9. The number of ether oxygens (including phenoxy) is 1. The van der Waals surface area contributed by atoms with Crippen molar-refractivity contribution in [3.63, 3.8) is 0 Å². The zero-order valence-corrected chi connectivity index (χ0v) is 25.7. The Balaban J connectivity index is 2.51. The predicted octanol–water partition coefficient (Wildman–Crippen LogP) is 6.62. The molecular formula is C33H49N3O4. The van der Waals surface area contributed by atoms with Gasteiger partial charge in [-0.05, 0) is 69.2 Å². The Bertz CT molecular complexity index is 1110. The van der Waals surface area contributed by atoms with Crippen LogP contribution in [0.15, 0.2) is 48.5 Å². The van der Waals surface area contributed by atoms with E-state index in [-0.39, 0.29) is 17.7 Å². The summed E-state index contributed by atoms with van der Waals surface area (Å²) in [7, 11) is 0. The molecule has 2 unspecified atom stereocenters. The normalized spacial score (nSPS) is 12.9. The van der Waals surface area contributed by atoms with Crippen LogP contribution in [0.3, 0.4) is 0 Å². The van der Waals surface area contributed by atoms with E-state index >= 15 is 0 Å². The van der Waals surface area contributed by atoms with Gasteiger partial charge >= 0.3 is 6.09 Å². The van der Waals surface area contributed by atoms with Crippen LogP contribution in [-0.2, 0) is 20.9 Å². The van der Waals surface area contributed by atoms with Gasteiger partial charge in [-0.3, -0.25) is 9.59 Å². The molecule has 2 atom stereocenters. The molecule has 0 radical (unpaired) electrons. The lowest BCUT2D eigenvalue weighted by Gasteiger charge is -2.36. The summed E-state index contributed by atoms with van der Waals surface area (Å²) < 4.78 is 5.48. The van der Waals surface area contributed by atoms with E-state index in [4.69, 9.17) is 4.74 Å².